The van der Waals surface area contributed by atoms with Crippen molar-refractivity contribution < 1.29 is 18.4 Å². The normalized spacial score (nSPS) is 31.8. The van der Waals surface area contributed by atoms with E-state index in [2.05, 4.69) is 5.32 Å². The van der Waals surface area contributed by atoms with E-state index in [1.54, 1.807) is 0 Å². The molecule has 0 amide bonds. The van der Waals surface area contributed by atoms with E-state index in [0.29, 0.717) is 12.0 Å². The maximum atomic E-state index is 15.5. The largest absolute Gasteiger partial charge is 0.525 e. The van der Waals surface area contributed by atoms with Gasteiger partial charge in [0.15, 0.2) is 0 Å². The van der Waals surface area contributed by atoms with Crippen LogP contribution in [0.1, 0.15) is 46.1 Å². The summed E-state index contributed by atoms with van der Waals surface area (Å²) in [4.78, 5) is 0. The Morgan fingerprint density at radius 3 is 2.44 bits per heavy atom. The van der Waals surface area contributed by atoms with E-state index in [1.807, 2.05) is 52.0 Å². The van der Waals surface area contributed by atoms with Gasteiger partial charge in [-0.3, -0.25) is 0 Å². The van der Waals surface area contributed by atoms with Crippen LogP contribution in [0.25, 0.3) is 5.57 Å². The van der Waals surface area contributed by atoms with Crippen LogP contribution in [0.4, 0.5) is 4.39 Å². The van der Waals surface area contributed by atoms with Gasteiger partial charge in [0.05, 0.1) is 11.2 Å². The van der Waals surface area contributed by atoms with Crippen LogP contribution in [-0.2, 0) is 9.31 Å². The molecule has 1 atom stereocenters. The van der Waals surface area contributed by atoms with Gasteiger partial charge in [-0.1, -0.05) is 18.2 Å². The Morgan fingerprint density at radius 2 is 1.80 bits per heavy atom. The van der Waals surface area contributed by atoms with Crippen LogP contribution in [0, 0.1) is 0 Å². The van der Waals surface area contributed by atoms with Gasteiger partial charge in [-0.25, -0.2) is 4.39 Å². The van der Waals surface area contributed by atoms with E-state index in [0.717, 1.165) is 30.8 Å². The molecule has 0 bridgehead atoms. The molecule has 134 valence electrons. The van der Waals surface area contributed by atoms with Crippen LogP contribution >= 0.6 is 0 Å². The van der Waals surface area contributed by atoms with Crippen molar-refractivity contribution in [3.63, 3.8) is 0 Å². The zero-order valence-corrected chi connectivity index (χ0v) is 15.3. The minimum Gasteiger partial charge on any atom is -0.485 e. The number of fused-ring (bicyclic) bond motifs is 1. The summed E-state index contributed by atoms with van der Waals surface area (Å²) in [6.07, 6.45) is 1.38. The van der Waals surface area contributed by atoms with Crippen molar-refractivity contribution in [3.8, 4) is 5.75 Å². The molecule has 2 saturated heterocycles. The standard InChI is InChI=1S/C19H25BFNO3/c1-17(2)18(3,4)25-20(24-17)16(21)14-11-19(9-10-22-12-19)23-15-8-6-5-7-13(14)15/h5-8,22H,9-12H2,1-4H3. The summed E-state index contributed by atoms with van der Waals surface area (Å²) in [5.41, 5.74) is -0.401. The average molecular weight is 345 g/mol. The minimum absolute atomic E-state index is 0.333. The fourth-order valence-corrected chi connectivity index (χ4v) is 3.75. The molecule has 4 rings (SSSR count). The third-order valence-electron chi connectivity index (χ3n) is 5.99. The van der Waals surface area contributed by atoms with Gasteiger partial charge in [0.2, 0.25) is 0 Å². The van der Waals surface area contributed by atoms with Crippen LogP contribution in [0.3, 0.4) is 0 Å². The minimum atomic E-state index is -0.974. The molecule has 1 spiro atoms. The molecule has 3 aliphatic rings. The van der Waals surface area contributed by atoms with E-state index in [4.69, 9.17) is 14.0 Å². The fraction of sp³-hybridized carbons (Fsp3) is 0.579. The maximum absolute atomic E-state index is 15.5. The third kappa shape index (κ3) is 2.71. The first-order chi connectivity index (χ1) is 11.7. The summed E-state index contributed by atoms with van der Waals surface area (Å²) in [5, 5.41) is 3.34. The van der Waals surface area contributed by atoms with Gasteiger partial charge in [0, 0.05) is 24.9 Å². The Labute approximate surface area is 148 Å². The Hall–Kier alpha value is -1.37. The summed E-state index contributed by atoms with van der Waals surface area (Å²) in [5.74, 6) is 0.735. The van der Waals surface area contributed by atoms with Crippen LogP contribution in [-0.4, -0.2) is 37.0 Å². The Kier molecular flexibility index (Phi) is 3.80. The second-order valence-corrected chi connectivity index (χ2v) is 8.30. The first kappa shape index (κ1) is 17.1. The van der Waals surface area contributed by atoms with Gasteiger partial charge < -0.3 is 19.4 Å². The highest BCUT2D eigenvalue weighted by Gasteiger charge is 2.54. The molecule has 6 heteroatoms. The Morgan fingerprint density at radius 1 is 1.12 bits per heavy atom. The summed E-state index contributed by atoms with van der Waals surface area (Å²) in [6, 6.07) is 7.64. The lowest BCUT2D eigenvalue weighted by molar-refractivity contribution is 0.00578. The highest BCUT2D eigenvalue weighted by molar-refractivity contribution is 6.55. The zero-order valence-electron chi connectivity index (χ0n) is 15.3. The quantitative estimate of drug-likeness (QED) is 0.791. The first-order valence-electron chi connectivity index (χ1n) is 8.96. The topological polar surface area (TPSA) is 39.7 Å². The van der Waals surface area contributed by atoms with Crippen molar-refractivity contribution in [2.45, 2.75) is 57.3 Å². The first-order valence-corrected chi connectivity index (χ1v) is 8.96. The van der Waals surface area contributed by atoms with Crippen LogP contribution in [0.2, 0.25) is 0 Å². The van der Waals surface area contributed by atoms with E-state index in [9.17, 15) is 0 Å². The van der Waals surface area contributed by atoms with Crippen molar-refractivity contribution in [3.05, 3.63) is 35.6 Å². The van der Waals surface area contributed by atoms with Crippen LogP contribution < -0.4 is 10.1 Å². The number of nitrogens with one attached hydrogen (secondary N) is 1. The number of rotatable bonds is 1. The summed E-state index contributed by atoms with van der Waals surface area (Å²) in [7, 11) is -0.974. The highest BCUT2D eigenvalue weighted by atomic mass is 19.1. The highest BCUT2D eigenvalue weighted by Crippen LogP contribution is 2.47. The average Bonchev–Trinajstić information content (AvgIpc) is 3.08. The molecule has 4 nitrogen and oxygen atoms in total. The van der Waals surface area contributed by atoms with Crippen LogP contribution in [0.15, 0.2) is 30.0 Å². The van der Waals surface area contributed by atoms with Gasteiger partial charge >= 0.3 is 7.12 Å². The molecule has 25 heavy (non-hydrogen) atoms. The molecule has 1 aromatic rings. The molecular weight excluding hydrogens is 320 g/mol. The van der Waals surface area contributed by atoms with Gasteiger partial charge in [0.1, 0.15) is 17.1 Å². The summed E-state index contributed by atoms with van der Waals surface area (Å²) in [6.45, 7) is 9.35. The van der Waals surface area contributed by atoms with Gasteiger partial charge in [-0.15, -0.1) is 0 Å². The van der Waals surface area contributed by atoms with E-state index >= 15 is 4.39 Å². The lowest BCUT2D eigenvalue weighted by atomic mass is 9.77. The van der Waals surface area contributed by atoms with E-state index in [-0.39, 0.29) is 11.3 Å². The SMILES string of the molecule is CC1(C)OB(C(F)=C2CC3(CCNC3)Oc3ccccc32)OC1(C)C. The summed E-state index contributed by atoms with van der Waals surface area (Å²) >= 11 is 0. The monoisotopic (exact) mass is 345 g/mol. The molecule has 3 aliphatic heterocycles. The molecule has 0 saturated carbocycles. The maximum Gasteiger partial charge on any atom is 0.525 e. The molecule has 1 N–H and O–H groups in total. The number of para-hydroxylation sites is 1. The number of halogens is 1. The predicted octanol–water partition coefficient (Wildman–Crippen LogP) is 3.51. The number of benzene rings is 1. The van der Waals surface area contributed by atoms with Crippen molar-refractivity contribution in [2.24, 2.45) is 0 Å². The second kappa shape index (κ2) is 5.56. The Bertz CT molecular complexity index is 709. The van der Waals surface area contributed by atoms with Crippen molar-refractivity contribution in [2.75, 3.05) is 13.1 Å². The van der Waals surface area contributed by atoms with E-state index < -0.39 is 18.3 Å². The Balaban J connectivity index is 1.76. The summed E-state index contributed by atoms with van der Waals surface area (Å²) < 4.78 is 33.7. The smallest absolute Gasteiger partial charge is 0.485 e. The van der Waals surface area contributed by atoms with Crippen LogP contribution in [0.5, 0.6) is 5.75 Å². The molecular formula is C19H25BFNO3. The zero-order chi connectivity index (χ0) is 17.9. The molecule has 1 aromatic carbocycles. The lowest BCUT2D eigenvalue weighted by Gasteiger charge is -2.36. The predicted molar refractivity (Wildman–Crippen MR) is 96.0 cm³/mol. The fourth-order valence-electron chi connectivity index (χ4n) is 3.75. The second-order valence-electron chi connectivity index (χ2n) is 8.30. The molecule has 3 heterocycles. The number of hydrogen-bond donors (Lipinski definition) is 1. The van der Waals surface area contributed by atoms with Crippen molar-refractivity contribution >= 4 is 12.7 Å². The van der Waals surface area contributed by atoms with Gasteiger partial charge in [-0.2, -0.15) is 0 Å². The lowest BCUT2D eigenvalue weighted by Crippen LogP contribution is -2.41. The van der Waals surface area contributed by atoms with E-state index in [1.165, 1.54) is 0 Å². The number of ether oxygens (including phenoxy) is 1. The van der Waals surface area contributed by atoms with Crippen molar-refractivity contribution in [1.29, 1.82) is 0 Å². The molecule has 0 aromatic heterocycles. The third-order valence-corrected chi connectivity index (χ3v) is 5.99. The number of hydrogen-bond acceptors (Lipinski definition) is 4. The molecule has 0 radical (unpaired) electrons. The van der Waals surface area contributed by atoms with Gasteiger partial charge in [0.25, 0.3) is 0 Å². The molecule has 0 aliphatic carbocycles. The molecule has 2 fully saturated rings. The van der Waals surface area contributed by atoms with Crippen molar-refractivity contribution in [1.82, 2.24) is 5.32 Å². The molecule has 1 unspecified atom stereocenters. The van der Waals surface area contributed by atoms with Gasteiger partial charge in [-0.05, 0) is 45.9 Å².